The first-order valence-corrected chi connectivity index (χ1v) is 6.25. The fourth-order valence-electron chi connectivity index (χ4n) is 2.31. The minimum absolute atomic E-state index is 0.0684. The number of hydrogen-bond acceptors (Lipinski definition) is 3. The van der Waals surface area contributed by atoms with Gasteiger partial charge in [0, 0.05) is 0 Å². The van der Waals surface area contributed by atoms with E-state index in [9.17, 15) is 4.79 Å². The monoisotopic (exact) mass is 236 g/mol. The van der Waals surface area contributed by atoms with Crippen molar-refractivity contribution >= 4 is 5.91 Å². The lowest BCUT2D eigenvalue weighted by molar-refractivity contribution is -0.125. The van der Waals surface area contributed by atoms with Crippen molar-refractivity contribution in [1.82, 2.24) is 10.6 Å². The number of piperidine rings is 1. The highest BCUT2D eigenvalue weighted by Gasteiger charge is 2.28. The zero-order chi connectivity index (χ0) is 12.3. The van der Waals surface area contributed by atoms with Crippen molar-refractivity contribution in [3.05, 3.63) is 24.2 Å². The molecule has 0 radical (unpaired) electrons. The molecule has 0 bridgehead atoms. The van der Waals surface area contributed by atoms with Gasteiger partial charge < -0.3 is 15.1 Å². The van der Waals surface area contributed by atoms with Crippen molar-refractivity contribution in [2.24, 2.45) is 5.92 Å². The molecule has 17 heavy (non-hydrogen) atoms. The number of furan rings is 1. The largest absolute Gasteiger partial charge is 0.467 e. The number of carbonyl (C=O) groups excluding carboxylic acids is 1. The third-order valence-corrected chi connectivity index (χ3v) is 3.38. The predicted molar refractivity (Wildman–Crippen MR) is 65.5 cm³/mol. The van der Waals surface area contributed by atoms with Gasteiger partial charge >= 0.3 is 0 Å². The van der Waals surface area contributed by atoms with Crippen LogP contribution in [-0.2, 0) is 4.79 Å². The zero-order valence-corrected chi connectivity index (χ0v) is 10.4. The molecule has 0 spiro atoms. The smallest absolute Gasteiger partial charge is 0.237 e. The lowest BCUT2D eigenvalue weighted by Gasteiger charge is -2.29. The Morgan fingerprint density at radius 3 is 3.12 bits per heavy atom. The van der Waals surface area contributed by atoms with Gasteiger partial charge in [-0.2, -0.15) is 0 Å². The molecule has 1 aromatic rings. The summed E-state index contributed by atoms with van der Waals surface area (Å²) in [7, 11) is 0. The van der Waals surface area contributed by atoms with E-state index in [-0.39, 0.29) is 18.0 Å². The van der Waals surface area contributed by atoms with E-state index < -0.39 is 0 Å². The van der Waals surface area contributed by atoms with Crippen LogP contribution in [0.5, 0.6) is 0 Å². The Morgan fingerprint density at radius 1 is 1.65 bits per heavy atom. The second-order valence-corrected chi connectivity index (χ2v) is 4.80. The van der Waals surface area contributed by atoms with Crippen molar-refractivity contribution in [1.29, 1.82) is 0 Å². The first-order chi connectivity index (χ1) is 8.18. The van der Waals surface area contributed by atoms with Crippen molar-refractivity contribution in [3.8, 4) is 0 Å². The molecule has 1 aliphatic heterocycles. The Balaban J connectivity index is 1.92. The SMILES string of the molecule is CC1CCCNC1C(=O)N[C@@H](C)c1ccco1. The lowest BCUT2D eigenvalue weighted by Crippen LogP contribution is -2.51. The highest BCUT2D eigenvalue weighted by molar-refractivity contribution is 5.82. The third kappa shape index (κ3) is 2.88. The molecule has 1 saturated heterocycles. The summed E-state index contributed by atoms with van der Waals surface area (Å²) in [6.45, 7) is 4.98. The minimum atomic E-state index is -0.0755. The Labute approximate surface area is 102 Å². The molecular weight excluding hydrogens is 216 g/mol. The molecule has 94 valence electrons. The van der Waals surface area contributed by atoms with Crippen molar-refractivity contribution in [3.63, 3.8) is 0 Å². The second kappa shape index (κ2) is 5.36. The van der Waals surface area contributed by atoms with Crippen LogP contribution in [0.4, 0.5) is 0 Å². The first kappa shape index (κ1) is 12.2. The Hall–Kier alpha value is -1.29. The number of carbonyl (C=O) groups is 1. The number of hydrogen-bond donors (Lipinski definition) is 2. The highest BCUT2D eigenvalue weighted by Crippen LogP contribution is 2.18. The van der Waals surface area contributed by atoms with Crippen LogP contribution in [0.3, 0.4) is 0 Å². The van der Waals surface area contributed by atoms with Gasteiger partial charge in [0.05, 0.1) is 18.3 Å². The lowest BCUT2D eigenvalue weighted by atomic mass is 9.92. The standard InChI is InChI=1S/C13H20N2O2/c1-9-5-3-7-14-12(9)13(16)15-10(2)11-6-4-8-17-11/h4,6,8-10,12,14H,3,5,7H2,1-2H3,(H,15,16)/t9?,10-,12?/m0/s1. The summed E-state index contributed by atoms with van der Waals surface area (Å²) < 4.78 is 5.28. The van der Waals surface area contributed by atoms with Gasteiger partial charge in [0.15, 0.2) is 0 Å². The topological polar surface area (TPSA) is 54.3 Å². The third-order valence-electron chi connectivity index (χ3n) is 3.38. The molecular formula is C13H20N2O2. The molecule has 1 fully saturated rings. The second-order valence-electron chi connectivity index (χ2n) is 4.80. The van der Waals surface area contributed by atoms with Crippen molar-refractivity contribution in [2.75, 3.05) is 6.54 Å². The average Bonchev–Trinajstić information content (AvgIpc) is 2.82. The summed E-state index contributed by atoms with van der Waals surface area (Å²) in [6, 6.07) is 3.57. The molecule has 1 amide bonds. The van der Waals surface area contributed by atoms with Gasteiger partial charge in [0.2, 0.25) is 5.91 Å². The Kier molecular flexibility index (Phi) is 3.84. The molecule has 2 unspecified atom stereocenters. The van der Waals surface area contributed by atoms with Crippen molar-refractivity contribution in [2.45, 2.75) is 38.8 Å². The molecule has 4 heteroatoms. The summed E-state index contributed by atoms with van der Waals surface area (Å²) in [4.78, 5) is 12.1. The molecule has 1 aliphatic rings. The maximum Gasteiger partial charge on any atom is 0.237 e. The average molecular weight is 236 g/mol. The summed E-state index contributed by atoms with van der Waals surface area (Å²) in [5.41, 5.74) is 0. The molecule has 4 nitrogen and oxygen atoms in total. The van der Waals surface area contributed by atoms with Crippen LogP contribution in [0.2, 0.25) is 0 Å². The van der Waals surface area contributed by atoms with Crippen LogP contribution in [-0.4, -0.2) is 18.5 Å². The van der Waals surface area contributed by atoms with E-state index in [1.54, 1.807) is 6.26 Å². The van der Waals surface area contributed by atoms with E-state index in [1.165, 1.54) is 0 Å². The zero-order valence-electron chi connectivity index (χ0n) is 10.4. The number of amides is 1. The molecule has 0 aromatic carbocycles. The van der Waals surface area contributed by atoms with E-state index in [0.29, 0.717) is 5.92 Å². The van der Waals surface area contributed by atoms with E-state index in [2.05, 4.69) is 17.6 Å². The molecule has 2 rings (SSSR count). The highest BCUT2D eigenvalue weighted by atomic mass is 16.3. The van der Waals surface area contributed by atoms with E-state index in [1.807, 2.05) is 19.1 Å². The van der Waals surface area contributed by atoms with E-state index in [4.69, 9.17) is 4.42 Å². The normalized spacial score (nSPS) is 26.5. The molecule has 2 heterocycles. The van der Waals surface area contributed by atoms with Crippen LogP contribution in [0.25, 0.3) is 0 Å². The van der Waals surface area contributed by atoms with E-state index >= 15 is 0 Å². The van der Waals surface area contributed by atoms with Gasteiger partial charge in [-0.15, -0.1) is 0 Å². The van der Waals surface area contributed by atoms with Crippen molar-refractivity contribution < 1.29 is 9.21 Å². The fraction of sp³-hybridized carbons (Fsp3) is 0.615. The van der Waals surface area contributed by atoms with Crippen LogP contribution in [0, 0.1) is 5.92 Å². The number of rotatable bonds is 3. The summed E-state index contributed by atoms with van der Waals surface area (Å²) in [6.07, 6.45) is 3.89. The van der Waals surface area contributed by atoms with Gasteiger partial charge in [-0.25, -0.2) is 0 Å². The van der Waals surface area contributed by atoms with E-state index in [0.717, 1.165) is 25.1 Å². The molecule has 0 aliphatic carbocycles. The predicted octanol–water partition coefficient (Wildman–Crippen LogP) is 1.84. The van der Waals surface area contributed by atoms with Gasteiger partial charge in [-0.1, -0.05) is 6.92 Å². The van der Waals surface area contributed by atoms with Crippen LogP contribution in [0.1, 0.15) is 38.5 Å². The quantitative estimate of drug-likeness (QED) is 0.842. The Morgan fingerprint density at radius 2 is 2.47 bits per heavy atom. The molecule has 2 N–H and O–H groups in total. The maximum absolute atomic E-state index is 12.1. The van der Waals surface area contributed by atoms with Crippen LogP contribution >= 0.6 is 0 Å². The summed E-state index contributed by atoms with van der Waals surface area (Å²) in [5, 5.41) is 6.26. The maximum atomic E-state index is 12.1. The molecule has 3 atom stereocenters. The van der Waals surface area contributed by atoms with Gasteiger partial charge in [-0.3, -0.25) is 4.79 Å². The summed E-state index contributed by atoms with van der Waals surface area (Å²) >= 11 is 0. The molecule has 0 saturated carbocycles. The van der Waals surface area contributed by atoms with Gasteiger partial charge in [-0.05, 0) is 44.4 Å². The Bertz CT molecular complexity index is 362. The van der Waals surface area contributed by atoms with Gasteiger partial charge in [0.25, 0.3) is 0 Å². The van der Waals surface area contributed by atoms with Crippen LogP contribution in [0.15, 0.2) is 22.8 Å². The first-order valence-electron chi connectivity index (χ1n) is 6.25. The van der Waals surface area contributed by atoms with Gasteiger partial charge in [0.1, 0.15) is 5.76 Å². The number of nitrogens with one attached hydrogen (secondary N) is 2. The summed E-state index contributed by atoms with van der Waals surface area (Å²) in [5.74, 6) is 1.26. The minimum Gasteiger partial charge on any atom is -0.467 e. The van der Waals surface area contributed by atoms with Crippen LogP contribution < -0.4 is 10.6 Å². The molecule has 1 aromatic heterocycles. The fourth-order valence-corrected chi connectivity index (χ4v) is 2.31.